The minimum absolute atomic E-state index is 0.117. The molecule has 0 saturated heterocycles. The van der Waals surface area contributed by atoms with Crippen molar-refractivity contribution in [1.82, 2.24) is 4.90 Å². The topological polar surface area (TPSA) is 57.0 Å². The molecular weight excluding hydrogens is 336 g/mol. The first-order chi connectivity index (χ1) is 10.1. The molecule has 118 valence electrons. The molecule has 2 rings (SSSR count). The fourth-order valence-electron chi connectivity index (χ4n) is 2.82. The fraction of sp³-hybridized carbons (Fsp3) is 0.600. The van der Waals surface area contributed by atoms with Gasteiger partial charge in [0.05, 0.1) is 11.1 Å². The van der Waals surface area contributed by atoms with Crippen LogP contribution in [0.15, 0.2) is 16.6 Å². The van der Waals surface area contributed by atoms with E-state index < -0.39 is 0 Å². The Hall–Kier alpha value is -0.820. The van der Waals surface area contributed by atoms with Crippen LogP contribution in [0.2, 0.25) is 0 Å². The normalized spacial score (nSPS) is 16.3. The van der Waals surface area contributed by atoms with Gasteiger partial charge in [-0.25, -0.2) is 0 Å². The zero-order chi connectivity index (χ0) is 15.4. The largest absolute Gasteiger partial charge is 0.454 e. The van der Waals surface area contributed by atoms with Crippen LogP contribution in [0.25, 0.3) is 0 Å². The van der Waals surface area contributed by atoms with Gasteiger partial charge in [-0.2, -0.15) is 0 Å². The van der Waals surface area contributed by atoms with Crippen LogP contribution in [0.5, 0.6) is 11.5 Å². The van der Waals surface area contributed by atoms with Crippen LogP contribution < -0.4 is 15.2 Å². The lowest BCUT2D eigenvalue weighted by Gasteiger charge is -2.35. The first kappa shape index (κ1) is 16.5. The fourth-order valence-corrected chi connectivity index (χ4v) is 3.39. The second kappa shape index (κ2) is 7.45. The van der Waals surface area contributed by atoms with Gasteiger partial charge in [0.2, 0.25) is 6.79 Å². The second-order valence-electron chi connectivity index (χ2n) is 5.12. The number of fused-ring (bicyclic) bond motifs is 1. The van der Waals surface area contributed by atoms with E-state index in [0.29, 0.717) is 13.2 Å². The van der Waals surface area contributed by atoms with Gasteiger partial charge in [0.25, 0.3) is 0 Å². The third kappa shape index (κ3) is 3.51. The van der Waals surface area contributed by atoms with Crippen LogP contribution in [0.4, 0.5) is 0 Å². The van der Waals surface area contributed by atoms with Crippen molar-refractivity contribution in [3.05, 3.63) is 22.2 Å². The van der Waals surface area contributed by atoms with Crippen LogP contribution in [0, 0.1) is 0 Å². The Morgan fingerprint density at radius 3 is 2.81 bits per heavy atom. The molecule has 0 aliphatic carbocycles. The van der Waals surface area contributed by atoms with E-state index in [1.54, 1.807) is 7.11 Å². The van der Waals surface area contributed by atoms with Gasteiger partial charge >= 0.3 is 0 Å². The Kier molecular flexibility index (Phi) is 5.87. The highest BCUT2D eigenvalue weighted by atomic mass is 79.9. The Morgan fingerprint density at radius 1 is 1.43 bits per heavy atom. The van der Waals surface area contributed by atoms with Gasteiger partial charge in [-0.3, -0.25) is 4.90 Å². The maximum absolute atomic E-state index is 6.04. The molecule has 1 aromatic carbocycles. The van der Waals surface area contributed by atoms with Crippen LogP contribution in [-0.2, 0) is 4.74 Å². The number of nitrogens with zero attached hydrogens (tertiary/aromatic N) is 1. The highest BCUT2D eigenvalue weighted by Gasteiger charge is 2.26. The molecule has 21 heavy (non-hydrogen) atoms. The summed E-state index contributed by atoms with van der Waals surface area (Å²) < 4.78 is 17.1. The molecule has 1 aliphatic heterocycles. The molecule has 2 atom stereocenters. The summed E-state index contributed by atoms with van der Waals surface area (Å²) in [6.45, 7) is 6.67. The minimum Gasteiger partial charge on any atom is -0.454 e. The number of rotatable bonds is 7. The number of nitrogens with two attached hydrogens (primary N) is 1. The lowest BCUT2D eigenvalue weighted by Crippen LogP contribution is -2.42. The van der Waals surface area contributed by atoms with E-state index in [9.17, 15) is 0 Å². The molecule has 2 unspecified atom stereocenters. The van der Waals surface area contributed by atoms with Gasteiger partial charge in [0, 0.05) is 25.7 Å². The van der Waals surface area contributed by atoms with Gasteiger partial charge in [-0.1, -0.05) is 6.92 Å². The molecular formula is C15H23BrN2O3. The number of ether oxygens (including phenoxy) is 3. The molecule has 0 aromatic heterocycles. The van der Waals surface area contributed by atoms with Crippen LogP contribution in [-0.4, -0.2) is 44.5 Å². The number of likely N-dealkylation sites (N-methyl/N-ethyl adjacent to an activating group) is 1. The number of halogens is 1. The summed E-state index contributed by atoms with van der Waals surface area (Å²) in [6, 6.07) is 4.49. The monoisotopic (exact) mass is 358 g/mol. The Morgan fingerprint density at radius 2 is 2.19 bits per heavy atom. The second-order valence-corrected chi connectivity index (χ2v) is 5.98. The van der Waals surface area contributed by atoms with E-state index in [4.69, 9.17) is 19.9 Å². The van der Waals surface area contributed by atoms with Crippen LogP contribution in [0.1, 0.15) is 25.5 Å². The van der Waals surface area contributed by atoms with Crippen molar-refractivity contribution < 1.29 is 14.2 Å². The molecule has 0 saturated carbocycles. The van der Waals surface area contributed by atoms with E-state index in [1.807, 2.05) is 6.07 Å². The summed E-state index contributed by atoms with van der Waals surface area (Å²) >= 11 is 3.55. The molecule has 6 heteroatoms. The minimum atomic E-state index is 0.117. The van der Waals surface area contributed by atoms with Crippen molar-refractivity contribution in [3.8, 4) is 11.5 Å². The average molecular weight is 359 g/mol. The molecule has 2 N–H and O–H groups in total. The van der Waals surface area contributed by atoms with Crippen molar-refractivity contribution in [2.75, 3.05) is 33.6 Å². The quantitative estimate of drug-likeness (QED) is 0.811. The predicted molar refractivity (Wildman–Crippen MR) is 85.8 cm³/mol. The molecule has 5 nitrogen and oxygen atoms in total. The Balaban J connectivity index is 2.30. The van der Waals surface area contributed by atoms with Gasteiger partial charge < -0.3 is 19.9 Å². The lowest BCUT2D eigenvalue weighted by molar-refractivity contribution is 0.0750. The maximum Gasteiger partial charge on any atom is 0.231 e. The number of benzene rings is 1. The first-order valence-electron chi connectivity index (χ1n) is 7.16. The Labute approximate surface area is 134 Å². The molecule has 1 aliphatic rings. The summed E-state index contributed by atoms with van der Waals surface area (Å²) in [6.07, 6.45) is 0. The summed E-state index contributed by atoms with van der Waals surface area (Å²) in [5, 5.41) is 0. The maximum atomic E-state index is 6.04. The van der Waals surface area contributed by atoms with Gasteiger partial charge in [0.15, 0.2) is 11.5 Å². The average Bonchev–Trinajstić information content (AvgIpc) is 2.93. The molecule has 0 amide bonds. The molecule has 0 spiro atoms. The van der Waals surface area contributed by atoms with Gasteiger partial charge in [-0.15, -0.1) is 0 Å². The first-order valence-corrected chi connectivity index (χ1v) is 7.95. The standard InChI is InChI=1S/C15H23BrN2O3/c1-4-18(10(2)8-19-3)13(7-17)11-5-12(16)15-14(6-11)20-9-21-15/h5-6,10,13H,4,7-9,17H2,1-3H3. The smallest absolute Gasteiger partial charge is 0.231 e. The van der Waals surface area contributed by atoms with Crippen molar-refractivity contribution in [2.45, 2.75) is 25.9 Å². The van der Waals surface area contributed by atoms with E-state index in [-0.39, 0.29) is 18.9 Å². The van der Waals surface area contributed by atoms with Crippen LogP contribution in [0.3, 0.4) is 0 Å². The van der Waals surface area contributed by atoms with Crippen molar-refractivity contribution >= 4 is 15.9 Å². The molecule has 0 bridgehead atoms. The molecule has 0 radical (unpaired) electrons. The lowest BCUT2D eigenvalue weighted by atomic mass is 10.0. The van der Waals surface area contributed by atoms with Crippen molar-refractivity contribution in [3.63, 3.8) is 0 Å². The molecule has 1 aromatic rings. The number of hydrogen-bond donors (Lipinski definition) is 1. The summed E-state index contributed by atoms with van der Waals surface area (Å²) in [5.74, 6) is 1.54. The SMILES string of the molecule is CCN(C(C)COC)C(CN)c1cc(Br)c2c(c1)OCO2. The van der Waals surface area contributed by atoms with Crippen molar-refractivity contribution in [2.24, 2.45) is 5.73 Å². The zero-order valence-corrected chi connectivity index (χ0v) is 14.4. The van der Waals surface area contributed by atoms with Crippen molar-refractivity contribution in [1.29, 1.82) is 0 Å². The summed E-state index contributed by atoms with van der Waals surface area (Å²) in [5.41, 5.74) is 7.16. The zero-order valence-electron chi connectivity index (χ0n) is 12.8. The van der Waals surface area contributed by atoms with E-state index in [1.165, 1.54) is 0 Å². The van der Waals surface area contributed by atoms with Gasteiger partial charge in [0.1, 0.15) is 0 Å². The number of methoxy groups -OCH3 is 1. The number of hydrogen-bond acceptors (Lipinski definition) is 5. The highest BCUT2D eigenvalue weighted by Crippen LogP contribution is 2.42. The molecule has 0 fully saturated rings. The summed E-state index contributed by atoms with van der Waals surface area (Å²) in [4.78, 5) is 2.34. The van der Waals surface area contributed by atoms with E-state index >= 15 is 0 Å². The Bertz CT molecular complexity index is 484. The predicted octanol–water partition coefficient (Wildman–Crippen LogP) is 2.53. The summed E-state index contributed by atoms with van der Waals surface area (Å²) in [7, 11) is 1.72. The molecule has 1 heterocycles. The van der Waals surface area contributed by atoms with Crippen LogP contribution >= 0.6 is 15.9 Å². The van der Waals surface area contributed by atoms with E-state index in [0.717, 1.165) is 28.1 Å². The van der Waals surface area contributed by atoms with Gasteiger partial charge in [-0.05, 0) is 47.1 Å². The third-order valence-electron chi connectivity index (χ3n) is 3.80. The van der Waals surface area contributed by atoms with E-state index in [2.05, 4.69) is 40.7 Å². The highest BCUT2D eigenvalue weighted by molar-refractivity contribution is 9.10. The third-order valence-corrected chi connectivity index (χ3v) is 4.39.